The highest BCUT2D eigenvalue weighted by molar-refractivity contribution is 5.91. The fourth-order valence-electron chi connectivity index (χ4n) is 2.40. The van der Waals surface area contributed by atoms with Gasteiger partial charge in [-0.25, -0.2) is 0 Å². The molecule has 0 fully saturated rings. The lowest BCUT2D eigenvalue weighted by atomic mass is 10.0. The highest BCUT2D eigenvalue weighted by Gasteiger charge is 2.31. The Bertz CT molecular complexity index is 747. The third-order valence-electron chi connectivity index (χ3n) is 3.82. The molecule has 2 N–H and O–H groups in total. The van der Waals surface area contributed by atoms with Crippen molar-refractivity contribution in [2.24, 2.45) is 0 Å². The normalized spacial score (nSPS) is 12.7. The monoisotopic (exact) mass is 367 g/mol. The van der Waals surface area contributed by atoms with Gasteiger partial charge in [-0.05, 0) is 43.9 Å². The lowest BCUT2D eigenvalue weighted by Crippen LogP contribution is -2.27. The number of carbonyl (C=O) groups is 1. The Kier molecular flexibility index (Phi) is 6.14. The Morgan fingerprint density at radius 3 is 2.46 bits per heavy atom. The Morgan fingerprint density at radius 2 is 1.92 bits per heavy atom. The van der Waals surface area contributed by atoms with E-state index in [9.17, 15) is 18.0 Å². The standard InChI is InChI=1S/C17H20F3N5O/c1-21-16(26)13-7-8-15(24-23-13)22-10-14(25(2)3)11-5-4-6-12(9-11)17(18,19)20/h4-9,14H,10H2,1-3H3,(H,21,26)(H,22,24). The second-order valence-corrected chi connectivity index (χ2v) is 5.87. The molecule has 0 spiro atoms. The molecule has 0 saturated heterocycles. The van der Waals surface area contributed by atoms with E-state index in [0.29, 0.717) is 17.9 Å². The molecule has 1 aromatic heterocycles. The van der Waals surface area contributed by atoms with Crippen molar-refractivity contribution >= 4 is 11.7 Å². The number of nitrogens with one attached hydrogen (secondary N) is 2. The molecule has 1 aromatic carbocycles. The molecular weight excluding hydrogens is 347 g/mol. The van der Waals surface area contributed by atoms with Crippen LogP contribution >= 0.6 is 0 Å². The number of carbonyl (C=O) groups excluding carboxylic acids is 1. The molecule has 0 aliphatic rings. The van der Waals surface area contributed by atoms with E-state index < -0.39 is 11.7 Å². The fourth-order valence-corrected chi connectivity index (χ4v) is 2.40. The first kappa shape index (κ1) is 19.6. The largest absolute Gasteiger partial charge is 0.416 e. The third kappa shape index (κ3) is 4.92. The van der Waals surface area contributed by atoms with Crippen molar-refractivity contribution in [1.29, 1.82) is 0 Å². The van der Waals surface area contributed by atoms with Gasteiger partial charge in [-0.2, -0.15) is 13.2 Å². The van der Waals surface area contributed by atoms with Crippen molar-refractivity contribution < 1.29 is 18.0 Å². The first-order valence-electron chi connectivity index (χ1n) is 7.85. The fraction of sp³-hybridized carbons (Fsp3) is 0.353. The van der Waals surface area contributed by atoms with Gasteiger partial charge in [0, 0.05) is 13.6 Å². The molecule has 1 amide bonds. The van der Waals surface area contributed by atoms with Crippen molar-refractivity contribution in [2.75, 3.05) is 33.0 Å². The number of nitrogens with zero attached hydrogens (tertiary/aromatic N) is 3. The van der Waals surface area contributed by atoms with Crippen LogP contribution in [0.4, 0.5) is 19.0 Å². The van der Waals surface area contributed by atoms with Crippen LogP contribution in [0.2, 0.25) is 0 Å². The van der Waals surface area contributed by atoms with Crippen LogP contribution in [-0.4, -0.2) is 48.7 Å². The van der Waals surface area contributed by atoms with Gasteiger partial charge in [0.1, 0.15) is 5.82 Å². The zero-order chi connectivity index (χ0) is 19.3. The highest BCUT2D eigenvalue weighted by atomic mass is 19.4. The van der Waals surface area contributed by atoms with Crippen LogP contribution in [0.1, 0.15) is 27.7 Å². The lowest BCUT2D eigenvalue weighted by molar-refractivity contribution is -0.137. The average molecular weight is 367 g/mol. The van der Waals surface area contributed by atoms with E-state index in [1.807, 2.05) is 4.90 Å². The summed E-state index contributed by atoms with van der Waals surface area (Å²) in [4.78, 5) is 13.3. The average Bonchev–Trinajstić information content (AvgIpc) is 2.61. The highest BCUT2D eigenvalue weighted by Crippen LogP contribution is 2.31. The minimum Gasteiger partial charge on any atom is -0.367 e. The maximum Gasteiger partial charge on any atom is 0.416 e. The molecule has 1 unspecified atom stereocenters. The quantitative estimate of drug-likeness (QED) is 0.821. The summed E-state index contributed by atoms with van der Waals surface area (Å²) in [6.07, 6.45) is -4.39. The van der Waals surface area contributed by atoms with Crippen LogP contribution in [0.3, 0.4) is 0 Å². The van der Waals surface area contributed by atoms with Gasteiger partial charge in [0.05, 0.1) is 11.6 Å². The lowest BCUT2D eigenvalue weighted by Gasteiger charge is -2.26. The van der Waals surface area contributed by atoms with Gasteiger partial charge in [-0.1, -0.05) is 12.1 Å². The van der Waals surface area contributed by atoms with Crippen LogP contribution in [0.5, 0.6) is 0 Å². The van der Waals surface area contributed by atoms with Gasteiger partial charge >= 0.3 is 6.18 Å². The summed E-state index contributed by atoms with van der Waals surface area (Å²) in [7, 11) is 5.06. The summed E-state index contributed by atoms with van der Waals surface area (Å²) >= 11 is 0. The van der Waals surface area contributed by atoms with Crippen molar-refractivity contribution in [2.45, 2.75) is 12.2 Å². The number of amides is 1. The Balaban J connectivity index is 2.13. The maximum absolute atomic E-state index is 12.9. The van der Waals surface area contributed by atoms with Gasteiger partial charge in [0.25, 0.3) is 5.91 Å². The second kappa shape index (κ2) is 8.13. The predicted octanol–water partition coefficient (Wildman–Crippen LogP) is 2.57. The van der Waals surface area contributed by atoms with Gasteiger partial charge in [-0.3, -0.25) is 4.79 Å². The summed E-state index contributed by atoms with van der Waals surface area (Å²) in [6.45, 7) is 0.322. The number of likely N-dealkylation sites (N-methyl/N-ethyl adjacent to an activating group) is 1. The van der Waals surface area contributed by atoms with E-state index in [1.54, 1.807) is 26.2 Å². The number of hydrogen-bond acceptors (Lipinski definition) is 5. The summed E-state index contributed by atoms with van der Waals surface area (Å²) in [5, 5.41) is 13.2. The van der Waals surface area contributed by atoms with E-state index >= 15 is 0 Å². The van der Waals surface area contributed by atoms with E-state index in [1.165, 1.54) is 19.2 Å². The minimum absolute atomic E-state index is 0.181. The smallest absolute Gasteiger partial charge is 0.367 e. The van der Waals surface area contributed by atoms with Crippen LogP contribution in [0, 0.1) is 0 Å². The minimum atomic E-state index is -4.39. The molecule has 9 heteroatoms. The van der Waals surface area contributed by atoms with Crippen molar-refractivity contribution in [3.8, 4) is 0 Å². The maximum atomic E-state index is 12.9. The van der Waals surface area contributed by atoms with Crippen molar-refractivity contribution in [1.82, 2.24) is 20.4 Å². The summed E-state index contributed by atoms with van der Waals surface area (Å²) < 4.78 is 38.8. The van der Waals surface area contributed by atoms with Gasteiger partial charge in [0.2, 0.25) is 0 Å². The molecule has 0 aliphatic carbocycles. The zero-order valence-corrected chi connectivity index (χ0v) is 14.6. The third-order valence-corrected chi connectivity index (χ3v) is 3.82. The Hall–Kier alpha value is -2.68. The Morgan fingerprint density at radius 1 is 1.19 bits per heavy atom. The van der Waals surface area contributed by atoms with E-state index in [-0.39, 0.29) is 17.6 Å². The first-order valence-corrected chi connectivity index (χ1v) is 7.85. The van der Waals surface area contributed by atoms with Crippen molar-refractivity contribution in [3.63, 3.8) is 0 Å². The molecule has 2 rings (SSSR count). The number of hydrogen-bond donors (Lipinski definition) is 2. The van der Waals surface area contributed by atoms with Crippen LogP contribution in [0.25, 0.3) is 0 Å². The molecule has 0 aliphatic heterocycles. The molecule has 0 bridgehead atoms. The zero-order valence-electron chi connectivity index (χ0n) is 14.6. The van der Waals surface area contributed by atoms with Crippen LogP contribution in [0.15, 0.2) is 36.4 Å². The molecular formula is C17H20F3N5O. The molecule has 2 aromatic rings. The van der Waals surface area contributed by atoms with Gasteiger partial charge in [-0.15, -0.1) is 10.2 Å². The van der Waals surface area contributed by atoms with Crippen molar-refractivity contribution in [3.05, 3.63) is 53.2 Å². The molecule has 1 heterocycles. The number of alkyl halides is 3. The number of halogens is 3. The predicted molar refractivity (Wildman–Crippen MR) is 91.8 cm³/mol. The molecule has 0 saturated carbocycles. The van der Waals surface area contributed by atoms with E-state index in [2.05, 4.69) is 20.8 Å². The summed E-state index contributed by atoms with van der Waals surface area (Å²) in [5.74, 6) is 0.0793. The second-order valence-electron chi connectivity index (χ2n) is 5.87. The Labute approximate surface area is 149 Å². The SMILES string of the molecule is CNC(=O)c1ccc(NCC(c2cccc(C(F)(F)F)c2)N(C)C)nn1. The van der Waals surface area contributed by atoms with Crippen LogP contribution < -0.4 is 10.6 Å². The summed E-state index contributed by atoms with van der Waals surface area (Å²) in [6, 6.07) is 8.05. The number of aromatic nitrogens is 2. The van der Waals surface area contributed by atoms with Crippen LogP contribution in [-0.2, 0) is 6.18 Å². The number of rotatable bonds is 6. The summed E-state index contributed by atoms with van der Waals surface area (Å²) in [5.41, 5.74) is 0.0314. The number of anilines is 1. The first-order chi connectivity index (χ1) is 12.2. The molecule has 6 nitrogen and oxygen atoms in total. The van der Waals surface area contributed by atoms with Gasteiger partial charge < -0.3 is 15.5 Å². The molecule has 0 radical (unpaired) electrons. The molecule has 140 valence electrons. The topological polar surface area (TPSA) is 70.2 Å². The molecule has 1 atom stereocenters. The number of benzene rings is 1. The van der Waals surface area contributed by atoms with Gasteiger partial charge in [0.15, 0.2) is 5.69 Å². The van der Waals surface area contributed by atoms with E-state index in [4.69, 9.17) is 0 Å². The molecule has 26 heavy (non-hydrogen) atoms. The van der Waals surface area contributed by atoms with E-state index in [0.717, 1.165) is 12.1 Å².